The van der Waals surface area contributed by atoms with E-state index < -0.39 is 0 Å². The fourth-order valence-corrected chi connectivity index (χ4v) is 3.25. The largest absolute Gasteiger partial charge is 0.315 e. The van der Waals surface area contributed by atoms with Crippen molar-refractivity contribution in [1.82, 2.24) is 10.2 Å². The summed E-state index contributed by atoms with van der Waals surface area (Å²) in [6.45, 7) is 13.8. The Morgan fingerprint density at radius 1 is 1.00 bits per heavy atom. The molecular formula is C19H34N2S. The second-order valence-electron chi connectivity index (χ2n) is 6.78. The lowest BCUT2D eigenvalue weighted by molar-refractivity contribution is 0.135. The van der Waals surface area contributed by atoms with Gasteiger partial charge in [0, 0.05) is 23.5 Å². The molecule has 0 heterocycles. The van der Waals surface area contributed by atoms with Gasteiger partial charge in [0.15, 0.2) is 0 Å². The van der Waals surface area contributed by atoms with E-state index in [4.69, 9.17) is 0 Å². The Kier molecular flexibility index (Phi) is 9.85. The monoisotopic (exact) mass is 322 g/mol. The fraction of sp³-hybridized carbons (Fsp3) is 0.684. The summed E-state index contributed by atoms with van der Waals surface area (Å²) in [7, 11) is 0. The Bertz CT molecular complexity index is 373. The number of nitrogens with one attached hydrogen (secondary N) is 1. The van der Waals surface area contributed by atoms with Crippen molar-refractivity contribution in [1.29, 1.82) is 0 Å². The van der Waals surface area contributed by atoms with Gasteiger partial charge in [0.1, 0.15) is 0 Å². The molecule has 22 heavy (non-hydrogen) atoms. The molecule has 0 amide bonds. The van der Waals surface area contributed by atoms with Gasteiger partial charge in [0.2, 0.25) is 0 Å². The molecule has 0 fully saturated rings. The van der Waals surface area contributed by atoms with Crippen LogP contribution in [0.5, 0.6) is 0 Å². The lowest BCUT2D eigenvalue weighted by Gasteiger charge is -2.35. The quantitative estimate of drug-likeness (QED) is 0.471. The molecule has 0 spiro atoms. The molecule has 3 heteroatoms. The maximum Gasteiger partial charge on any atom is 0.0125 e. The van der Waals surface area contributed by atoms with Gasteiger partial charge in [0.25, 0.3) is 0 Å². The zero-order valence-electron chi connectivity index (χ0n) is 14.9. The van der Waals surface area contributed by atoms with Gasteiger partial charge in [-0.05, 0) is 64.6 Å². The number of hydrogen-bond acceptors (Lipinski definition) is 3. The highest BCUT2D eigenvalue weighted by Gasteiger charge is 2.19. The van der Waals surface area contributed by atoms with E-state index in [9.17, 15) is 0 Å². The average molecular weight is 323 g/mol. The molecule has 0 aliphatic rings. The summed E-state index contributed by atoms with van der Waals surface area (Å²) in [5, 5.41) is 3.60. The highest BCUT2D eigenvalue weighted by Crippen LogP contribution is 2.17. The lowest BCUT2D eigenvalue weighted by Crippen LogP contribution is -2.45. The van der Waals surface area contributed by atoms with E-state index in [-0.39, 0.29) is 5.54 Å². The van der Waals surface area contributed by atoms with Gasteiger partial charge in [0.05, 0.1) is 0 Å². The molecule has 1 aromatic rings. The van der Waals surface area contributed by atoms with Gasteiger partial charge < -0.3 is 5.32 Å². The molecule has 0 bridgehead atoms. The van der Waals surface area contributed by atoms with Crippen LogP contribution in [0.25, 0.3) is 0 Å². The highest BCUT2D eigenvalue weighted by atomic mass is 32.2. The van der Waals surface area contributed by atoms with Crippen LogP contribution in [0.3, 0.4) is 0 Å². The molecule has 2 nitrogen and oxygen atoms in total. The predicted molar refractivity (Wildman–Crippen MR) is 101 cm³/mol. The topological polar surface area (TPSA) is 15.3 Å². The molecule has 126 valence electrons. The molecule has 0 aromatic heterocycles. The van der Waals surface area contributed by atoms with Gasteiger partial charge in [-0.3, -0.25) is 4.90 Å². The third-order valence-corrected chi connectivity index (χ3v) is 4.90. The van der Waals surface area contributed by atoms with Crippen molar-refractivity contribution in [2.75, 3.05) is 31.9 Å². The van der Waals surface area contributed by atoms with E-state index in [1.165, 1.54) is 36.5 Å². The second-order valence-corrected chi connectivity index (χ2v) is 7.94. The summed E-state index contributed by atoms with van der Waals surface area (Å²) in [6.07, 6.45) is 3.80. The summed E-state index contributed by atoms with van der Waals surface area (Å²) < 4.78 is 0. The molecule has 1 rings (SSSR count). The zero-order valence-corrected chi connectivity index (χ0v) is 15.7. The van der Waals surface area contributed by atoms with Crippen LogP contribution in [0.1, 0.15) is 47.0 Å². The van der Waals surface area contributed by atoms with Gasteiger partial charge >= 0.3 is 0 Å². The molecular weight excluding hydrogens is 288 g/mol. The minimum atomic E-state index is 0.278. The Morgan fingerprint density at radius 2 is 1.73 bits per heavy atom. The first-order valence-electron chi connectivity index (χ1n) is 8.67. The standard InChI is InChI=1S/C19H34N2S/c1-5-6-15-21(19(2,3)4)16-14-20-13-10-17-22-18-11-8-7-9-12-18/h7-9,11-12,20H,5-6,10,13-17H2,1-4H3. The van der Waals surface area contributed by atoms with E-state index in [1.807, 2.05) is 11.8 Å². The van der Waals surface area contributed by atoms with Crippen LogP contribution in [0.2, 0.25) is 0 Å². The number of nitrogens with zero attached hydrogens (tertiary/aromatic N) is 1. The average Bonchev–Trinajstić information content (AvgIpc) is 2.49. The first kappa shape index (κ1) is 19.5. The molecule has 0 aliphatic carbocycles. The molecule has 0 atom stereocenters. The van der Waals surface area contributed by atoms with Gasteiger partial charge in [-0.25, -0.2) is 0 Å². The van der Waals surface area contributed by atoms with E-state index in [2.05, 4.69) is 68.2 Å². The van der Waals surface area contributed by atoms with Crippen LogP contribution in [-0.4, -0.2) is 42.4 Å². The zero-order chi connectivity index (χ0) is 16.3. The Hall–Kier alpha value is -0.510. The minimum Gasteiger partial charge on any atom is -0.315 e. The maximum absolute atomic E-state index is 3.60. The molecule has 0 saturated heterocycles. The number of hydrogen-bond donors (Lipinski definition) is 1. The Morgan fingerprint density at radius 3 is 2.36 bits per heavy atom. The van der Waals surface area contributed by atoms with Crippen LogP contribution in [0, 0.1) is 0 Å². The van der Waals surface area contributed by atoms with Crippen LogP contribution in [0.15, 0.2) is 35.2 Å². The smallest absolute Gasteiger partial charge is 0.0125 e. The Balaban J connectivity index is 2.08. The summed E-state index contributed by atoms with van der Waals surface area (Å²) in [6, 6.07) is 10.7. The van der Waals surface area contributed by atoms with Crippen LogP contribution in [0.4, 0.5) is 0 Å². The molecule has 0 unspecified atom stereocenters. The van der Waals surface area contributed by atoms with E-state index in [0.29, 0.717) is 0 Å². The van der Waals surface area contributed by atoms with Crippen molar-refractivity contribution in [3.05, 3.63) is 30.3 Å². The van der Waals surface area contributed by atoms with Crippen molar-refractivity contribution in [3.8, 4) is 0 Å². The molecule has 1 aromatic carbocycles. The van der Waals surface area contributed by atoms with Crippen LogP contribution < -0.4 is 5.32 Å². The van der Waals surface area contributed by atoms with E-state index >= 15 is 0 Å². The van der Waals surface area contributed by atoms with Crippen molar-refractivity contribution in [3.63, 3.8) is 0 Å². The first-order valence-corrected chi connectivity index (χ1v) is 9.66. The fourth-order valence-electron chi connectivity index (χ4n) is 2.37. The molecule has 1 N–H and O–H groups in total. The minimum absolute atomic E-state index is 0.278. The van der Waals surface area contributed by atoms with Gasteiger partial charge in [-0.1, -0.05) is 31.5 Å². The van der Waals surface area contributed by atoms with Crippen LogP contribution >= 0.6 is 11.8 Å². The normalized spacial score (nSPS) is 12.0. The molecule has 0 aliphatic heterocycles. The van der Waals surface area contributed by atoms with Crippen molar-refractivity contribution < 1.29 is 0 Å². The SMILES string of the molecule is CCCCN(CCNCCCSc1ccccc1)C(C)(C)C. The summed E-state index contributed by atoms with van der Waals surface area (Å²) >= 11 is 1.95. The summed E-state index contributed by atoms with van der Waals surface area (Å²) in [4.78, 5) is 3.98. The molecule has 0 saturated carbocycles. The number of benzene rings is 1. The summed E-state index contributed by atoms with van der Waals surface area (Å²) in [5.41, 5.74) is 0.278. The van der Waals surface area contributed by atoms with Crippen molar-refractivity contribution in [2.45, 2.75) is 57.4 Å². The van der Waals surface area contributed by atoms with E-state index in [1.54, 1.807) is 0 Å². The van der Waals surface area contributed by atoms with Gasteiger partial charge in [-0.2, -0.15) is 0 Å². The third kappa shape index (κ3) is 8.82. The molecule has 0 radical (unpaired) electrons. The second kappa shape index (κ2) is 11.1. The van der Waals surface area contributed by atoms with Crippen molar-refractivity contribution >= 4 is 11.8 Å². The van der Waals surface area contributed by atoms with Crippen LogP contribution in [-0.2, 0) is 0 Å². The maximum atomic E-state index is 3.60. The predicted octanol–water partition coefficient (Wildman–Crippen LogP) is 4.66. The lowest BCUT2D eigenvalue weighted by atomic mass is 10.1. The summed E-state index contributed by atoms with van der Waals surface area (Å²) in [5.74, 6) is 1.19. The third-order valence-electron chi connectivity index (χ3n) is 3.80. The highest BCUT2D eigenvalue weighted by molar-refractivity contribution is 7.99. The van der Waals surface area contributed by atoms with E-state index in [0.717, 1.165) is 19.6 Å². The first-order chi connectivity index (χ1) is 10.5. The Labute approximate surface area is 142 Å². The van der Waals surface area contributed by atoms with Gasteiger partial charge in [-0.15, -0.1) is 11.8 Å². The van der Waals surface area contributed by atoms with Crippen molar-refractivity contribution in [2.24, 2.45) is 0 Å². The number of unbranched alkanes of at least 4 members (excludes halogenated alkanes) is 1. The number of rotatable bonds is 11. The number of thioether (sulfide) groups is 1.